The van der Waals surface area contributed by atoms with Gasteiger partial charge in [0, 0.05) is 5.69 Å². The summed E-state index contributed by atoms with van der Waals surface area (Å²) in [4.78, 5) is 11.0. The normalized spacial score (nSPS) is 9.83. The van der Waals surface area contributed by atoms with E-state index in [9.17, 15) is 4.79 Å². The fourth-order valence-corrected chi connectivity index (χ4v) is 1.41. The molecule has 0 aliphatic carbocycles. The van der Waals surface area contributed by atoms with Crippen LogP contribution in [0.2, 0.25) is 0 Å². The van der Waals surface area contributed by atoms with Gasteiger partial charge in [0.1, 0.15) is 11.3 Å². The molecule has 0 amide bonds. The Morgan fingerprint density at radius 3 is 2.61 bits per heavy atom. The summed E-state index contributed by atoms with van der Waals surface area (Å²) in [5.74, 6) is -0.130. The largest absolute Gasteiger partial charge is 0.497 e. The first-order valence-corrected chi connectivity index (χ1v) is 5.17. The van der Waals surface area contributed by atoms with E-state index in [1.165, 1.54) is 12.3 Å². The molecule has 0 aliphatic heterocycles. The monoisotopic (exact) mass is 245 g/mol. The number of ether oxygens (including phenoxy) is 1. The minimum atomic E-state index is -1.05. The van der Waals surface area contributed by atoms with Crippen LogP contribution < -0.4 is 10.1 Å². The van der Waals surface area contributed by atoms with Crippen LogP contribution in [0.3, 0.4) is 0 Å². The highest BCUT2D eigenvalue weighted by Gasteiger charge is 2.11. The number of aromatic nitrogens is 2. The average Bonchev–Trinajstić information content (AvgIpc) is 2.40. The van der Waals surface area contributed by atoms with Gasteiger partial charge >= 0.3 is 5.97 Å². The third-order valence-electron chi connectivity index (χ3n) is 2.30. The molecule has 6 nitrogen and oxygen atoms in total. The Morgan fingerprint density at radius 1 is 1.28 bits per heavy atom. The second-order valence-electron chi connectivity index (χ2n) is 3.45. The van der Waals surface area contributed by atoms with E-state index >= 15 is 0 Å². The Kier molecular flexibility index (Phi) is 3.38. The van der Waals surface area contributed by atoms with E-state index in [2.05, 4.69) is 15.5 Å². The van der Waals surface area contributed by atoms with Gasteiger partial charge in [0.25, 0.3) is 0 Å². The lowest BCUT2D eigenvalue weighted by molar-refractivity contribution is 0.0697. The molecule has 1 aromatic heterocycles. The zero-order valence-corrected chi connectivity index (χ0v) is 9.62. The molecule has 0 aliphatic rings. The Bertz CT molecular complexity index is 555. The van der Waals surface area contributed by atoms with E-state index in [-0.39, 0.29) is 11.4 Å². The number of hydrogen-bond acceptors (Lipinski definition) is 5. The molecule has 1 aromatic carbocycles. The molecule has 2 aromatic rings. The molecule has 1 heterocycles. The van der Waals surface area contributed by atoms with Crippen molar-refractivity contribution in [3.8, 4) is 5.75 Å². The number of carbonyl (C=O) groups is 1. The van der Waals surface area contributed by atoms with Gasteiger partial charge in [-0.05, 0) is 30.3 Å². The summed E-state index contributed by atoms with van der Waals surface area (Å²) in [7, 11) is 1.58. The highest BCUT2D eigenvalue weighted by molar-refractivity contribution is 5.93. The summed E-state index contributed by atoms with van der Waals surface area (Å²) in [6.07, 6.45) is 1.34. The van der Waals surface area contributed by atoms with E-state index in [0.29, 0.717) is 5.69 Å². The van der Waals surface area contributed by atoms with Crippen molar-refractivity contribution < 1.29 is 14.6 Å². The number of nitrogens with zero attached hydrogens (tertiary/aromatic N) is 2. The molecule has 2 rings (SSSR count). The molecule has 0 saturated carbocycles. The van der Waals surface area contributed by atoms with Crippen LogP contribution in [0.25, 0.3) is 0 Å². The zero-order valence-electron chi connectivity index (χ0n) is 9.62. The van der Waals surface area contributed by atoms with E-state index < -0.39 is 5.97 Å². The molecule has 2 N–H and O–H groups in total. The predicted molar refractivity (Wildman–Crippen MR) is 65.3 cm³/mol. The van der Waals surface area contributed by atoms with Crippen LogP contribution in [-0.2, 0) is 0 Å². The second-order valence-corrected chi connectivity index (χ2v) is 3.45. The number of carboxylic acids is 1. The van der Waals surface area contributed by atoms with Crippen molar-refractivity contribution in [3.05, 3.63) is 42.1 Å². The van der Waals surface area contributed by atoms with Crippen LogP contribution in [-0.4, -0.2) is 28.4 Å². The van der Waals surface area contributed by atoms with E-state index in [1.807, 2.05) is 0 Å². The van der Waals surface area contributed by atoms with Crippen molar-refractivity contribution in [2.45, 2.75) is 0 Å². The quantitative estimate of drug-likeness (QED) is 0.856. The van der Waals surface area contributed by atoms with Crippen molar-refractivity contribution in [2.75, 3.05) is 12.4 Å². The number of carboxylic acid groups (broad SMARTS) is 1. The average molecular weight is 245 g/mol. The van der Waals surface area contributed by atoms with Gasteiger partial charge in [-0.15, -0.1) is 5.10 Å². The Morgan fingerprint density at radius 2 is 2.00 bits per heavy atom. The summed E-state index contributed by atoms with van der Waals surface area (Å²) < 4.78 is 5.03. The Labute approximate surface area is 103 Å². The maximum Gasteiger partial charge on any atom is 0.339 e. The molecule has 0 radical (unpaired) electrons. The minimum Gasteiger partial charge on any atom is -0.497 e. The maximum atomic E-state index is 11.0. The lowest BCUT2D eigenvalue weighted by Crippen LogP contribution is -2.05. The van der Waals surface area contributed by atoms with E-state index in [1.54, 1.807) is 31.4 Å². The van der Waals surface area contributed by atoms with Crippen LogP contribution >= 0.6 is 0 Å². The SMILES string of the molecule is COc1ccc(Nc2nnccc2C(=O)O)cc1. The van der Waals surface area contributed by atoms with Crippen LogP contribution in [0.4, 0.5) is 11.5 Å². The highest BCUT2D eigenvalue weighted by atomic mass is 16.5. The van der Waals surface area contributed by atoms with E-state index in [0.717, 1.165) is 5.75 Å². The molecule has 0 unspecified atom stereocenters. The molecule has 0 spiro atoms. The third-order valence-corrected chi connectivity index (χ3v) is 2.30. The van der Waals surface area contributed by atoms with Crippen LogP contribution in [0.1, 0.15) is 10.4 Å². The fourth-order valence-electron chi connectivity index (χ4n) is 1.41. The van der Waals surface area contributed by atoms with Gasteiger partial charge in [-0.25, -0.2) is 4.79 Å². The van der Waals surface area contributed by atoms with Gasteiger partial charge in [-0.1, -0.05) is 0 Å². The standard InChI is InChI=1S/C12H11N3O3/c1-18-9-4-2-8(3-5-9)14-11-10(12(16)17)6-7-13-15-11/h2-7H,1H3,(H,14,15)(H,16,17). The topological polar surface area (TPSA) is 84.3 Å². The number of rotatable bonds is 4. The van der Waals surface area contributed by atoms with Crippen molar-refractivity contribution in [2.24, 2.45) is 0 Å². The fraction of sp³-hybridized carbons (Fsp3) is 0.0833. The maximum absolute atomic E-state index is 11.0. The Hall–Kier alpha value is -2.63. The molecule has 0 atom stereocenters. The predicted octanol–water partition coefficient (Wildman–Crippen LogP) is 1.93. The van der Waals surface area contributed by atoms with Gasteiger partial charge in [0.2, 0.25) is 0 Å². The molecular weight excluding hydrogens is 234 g/mol. The molecular formula is C12H11N3O3. The lowest BCUT2D eigenvalue weighted by Gasteiger charge is -2.07. The molecule has 18 heavy (non-hydrogen) atoms. The number of hydrogen-bond donors (Lipinski definition) is 2. The zero-order chi connectivity index (χ0) is 13.0. The van der Waals surface area contributed by atoms with Gasteiger partial charge in [0.15, 0.2) is 5.82 Å². The lowest BCUT2D eigenvalue weighted by atomic mass is 10.2. The van der Waals surface area contributed by atoms with Crippen LogP contribution in [0, 0.1) is 0 Å². The van der Waals surface area contributed by atoms with Crippen LogP contribution in [0.15, 0.2) is 36.5 Å². The first kappa shape index (κ1) is 11.8. The molecule has 0 saturated heterocycles. The first-order chi connectivity index (χ1) is 8.70. The molecule has 0 fully saturated rings. The molecule has 0 bridgehead atoms. The van der Waals surface area contributed by atoms with Gasteiger partial charge < -0.3 is 15.2 Å². The number of anilines is 2. The summed E-state index contributed by atoms with van der Waals surface area (Å²) in [5.41, 5.74) is 0.777. The van der Waals surface area contributed by atoms with Gasteiger partial charge in [0.05, 0.1) is 13.3 Å². The number of aromatic carboxylic acids is 1. The number of methoxy groups -OCH3 is 1. The summed E-state index contributed by atoms with van der Waals surface area (Å²) in [5, 5.41) is 19.3. The third kappa shape index (κ3) is 2.54. The molecule has 6 heteroatoms. The highest BCUT2D eigenvalue weighted by Crippen LogP contribution is 2.20. The van der Waals surface area contributed by atoms with Crippen molar-refractivity contribution in [1.29, 1.82) is 0 Å². The van der Waals surface area contributed by atoms with Crippen molar-refractivity contribution in [3.63, 3.8) is 0 Å². The van der Waals surface area contributed by atoms with Crippen LogP contribution in [0.5, 0.6) is 5.75 Å². The first-order valence-electron chi connectivity index (χ1n) is 5.17. The van der Waals surface area contributed by atoms with Gasteiger partial charge in [-0.3, -0.25) is 0 Å². The number of nitrogens with one attached hydrogen (secondary N) is 1. The summed E-state index contributed by atoms with van der Waals surface area (Å²) in [6, 6.07) is 8.44. The van der Waals surface area contributed by atoms with Gasteiger partial charge in [-0.2, -0.15) is 5.10 Å². The minimum absolute atomic E-state index is 0.0702. The number of benzene rings is 1. The smallest absolute Gasteiger partial charge is 0.339 e. The molecule has 92 valence electrons. The summed E-state index contributed by atoms with van der Waals surface area (Å²) in [6.45, 7) is 0. The summed E-state index contributed by atoms with van der Waals surface area (Å²) >= 11 is 0. The second kappa shape index (κ2) is 5.13. The van der Waals surface area contributed by atoms with E-state index in [4.69, 9.17) is 9.84 Å². The van der Waals surface area contributed by atoms with Crippen molar-refractivity contribution >= 4 is 17.5 Å². The Balaban J connectivity index is 2.25. The van der Waals surface area contributed by atoms with Crippen molar-refractivity contribution in [1.82, 2.24) is 10.2 Å².